The molecule has 17 heavy (non-hydrogen) atoms. The van der Waals surface area contributed by atoms with Crippen molar-refractivity contribution in [3.8, 4) is 0 Å². The topological polar surface area (TPSA) is 70.9 Å². The molecule has 5 heteroatoms. The van der Waals surface area contributed by atoms with Crippen LogP contribution in [-0.4, -0.2) is 32.9 Å². The van der Waals surface area contributed by atoms with Gasteiger partial charge in [0.2, 0.25) is 5.95 Å². The Morgan fingerprint density at radius 1 is 1.12 bits per heavy atom. The van der Waals surface area contributed by atoms with E-state index in [4.69, 9.17) is 0 Å². The fourth-order valence-corrected chi connectivity index (χ4v) is 1.59. The van der Waals surface area contributed by atoms with Crippen molar-refractivity contribution in [1.82, 2.24) is 15.2 Å². The minimum absolute atomic E-state index is 0.0333. The van der Waals surface area contributed by atoms with Crippen molar-refractivity contribution in [3.63, 3.8) is 0 Å². The van der Waals surface area contributed by atoms with Crippen LogP contribution in [0.5, 0.6) is 0 Å². The first kappa shape index (κ1) is 13.8. The minimum atomic E-state index is -0.0333. The number of aliphatic hydroxyl groups is 1. The number of hydrogen-bond acceptors (Lipinski definition) is 5. The smallest absolute Gasteiger partial charge is 0.243 e. The molecule has 0 aliphatic rings. The molecule has 0 aromatic carbocycles. The number of nitrogens with one attached hydrogen (secondary N) is 1. The van der Waals surface area contributed by atoms with E-state index in [1.807, 2.05) is 20.8 Å². The summed E-state index contributed by atoms with van der Waals surface area (Å²) in [7, 11) is 0. The molecule has 0 saturated heterocycles. The standard InChI is InChI=1S/C12H22N4O/c1-5-9-10(6-2)15-16-12(13-9)14-11(7-17)8(3)4/h8,11,17H,5-7H2,1-4H3,(H,13,14,16)/t11-/m1/s1. The van der Waals surface area contributed by atoms with Gasteiger partial charge >= 0.3 is 0 Å². The third-order valence-corrected chi connectivity index (χ3v) is 2.83. The number of aryl methyl sites for hydroxylation is 2. The van der Waals surface area contributed by atoms with Gasteiger partial charge in [-0.1, -0.05) is 27.7 Å². The predicted octanol–water partition coefficient (Wildman–Crippen LogP) is 1.43. The summed E-state index contributed by atoms with van der Waals surface area (Å²) in [6.07, 6.45) is 1.69. The molecule has 0 aliphatic carbocycles. The number of rotatable bonds is 6. The second-order valence-corrected chi connectivity index (χ2v) is 4.41. The lowest BCUT2D eigenvalue weighted by Gasteiger charge is -2.19. The second kappa shape index (κ2) is 6.49. The van der Waals surface area contributed by atoms with E-state index in [0.29, 0.717) is 11.9 Å². The highest BCUT2D eigenvalue weighted by molar-refractivity contribution is 5.27. The van der Waals surface area contributed by atoms with Gasteiger partial charge in [-0.3, -0.25) is 0 Å². The van der Waals surface area contributed by atoms with Crippen molar-refractivity contribution in [2.45, 2.75) is 46.6 Å². The summed E-state index contributed by atoms with van der Waals surface area (Å²) in [6, 6.07) is -0.0333. The van der Waals surface area contributed by atoms with Gasteiger partial charge in [0.1, 0.15) is 0 Å². The van der Waals surface area contributed by atoms with Gasteiger partial charge in [0.05, 0.1) is 24.0 Å². The lowest BCUT2D eigenvalue weighted by atomic mass is 10.1. The van der Waals surface area contributed by atoms with Crippen molar-refractivity contribution < 1.29 is 5.11 Å². The maximum Gasteiger partial charge on any atom is 0.243 e. The highest BCUT2D eigenvalue weighted by Crippen LogP contribution is 2.10. The van der Waals surface area contributed by atoms with E-state index in [9.17, 15) is 5.11 Å². The Bertz CT molecular complexity index is 354. The molecule has 96 valence electrons. The zero-order chi connectivity index (χ0) is 12.8. The summed E-state index contributed by atoms with van der Waals surface area (Å²) in [5, 5.41) is 20.6. The highest BCUT2D eigenvalue weighted by atomic mass is 16.3. The summed E-state index contributed by atoms with van der Waals surface area (Å²) in [4.78, 5) is 4.44. The lowest BCUT2D eigenvalue weighted by Crippen LogP contribution is -2.30. The first-order valence-electron chi connectivity index (χ1n) is 6.22. The molecule has 0 fully saturated rings. The van der Waals surface area contributed by atoms with Crippen molar-refractivity contribution in [3.05, 3.63) is 11.4 Å². The maximum absolute atomic E-state index is 9.25. The van der Waals surface area contributed by atoms with Gasteiger partial charge in [0, 0.05) is 0 Å². The summed E-state index contributed by atoms with van der Waals surface area (Å²) in [5.41, 5.74) is 1.92. The van der Waals surface area contributed by atoms with Crippen LogP contribution >= 0.6 is 0 Å². The Hall–Kier alpha value is -1.23. The molecule has 1 aromatic rings. The number of nitrogens with zero attached hydrogens (tertiary/aromatic N) is 3. The maximum atomic E-state index is 9.25. The van der Waals surface area contributed by atoms with E-state index < -0.39 is 0 Å². The zero-order valence-electron chi connectivity index (χ0n) is 11.1. The molecule has 0 spiro atoms. The zero-order valence-corrected chi connectivity index (χ0v) is 11.1. The van der Waals surface area contributed by atoms with Crippen molar-refractivity contribution in [2.75, 3.05) is 11.9 Å². The summed E-state index contributed by atoms with van der Waals surface area (Å²) >= 11 is 0. The van der Waals surface area contributed by atoms with Crippen molar-refractivity contribution in [2.24, 2.45) is 5.92 Å². The van der Waals surface area contributed by atoms with E-state index in [1.165, 1.54) is 0 Å². The molecule has 0 radical (unpaired) electrons. The van der Waals surface area contributed by atoms with Gasteiger partial charge in [0.25, 0.3) is 0 Å². The summed E-state index contributed by atoms with van der Waals surface area (Å²) in [6.45, 7) is 8.25. The van der Waals surface area contributed by atoms with Gasteiger partial charge in [-0.2, -0.15) is 5.10 Å². The number of aliphatic hydroxyl groups excluding tert-OH is 1. The predicted molar refractivity (Wildman–Crippen MR) is 67.9 cm³/mol. The molecule has 0 amide bonds. The number of hydrogen-bond donors (Lipinski definition) is 2. The highest BCUT2D eigenvalue weighted by Gasteiger charge is 2.14. The van der Waals surface area contributed by atoms with Crippen LogP contribution in [0.4, 0.5) is 5.95 Å². The van der Waals surface area contributed by atoms with E-state index in [-0.39, 0.29) is 12.6 Å². The Morgan fingerprint density at radius 3 is 2.24 bits per heavy atom. The van der Waals surface area contributed by atoms with Crippen LogP contribution in [0.15, 0.2) is 0 Å². The van der Waals surface area contributed by atoms with Crippen LogP contribution in [0, 0.1) is 5.92 Å². The van der Waals surface area contributed by atoms with Gasteiger partial charge in [-0.25, -0.2) is 4.98 Å². The molecular weight excluding hydrogens is 216 g/mol. The van der Waals surface area contributed by atoms with Crippen LogP contribution in [-0.2, 0) is 12.8 Å². The Kier molecular flexibility index (Phi) is 5.28. The molecular formula is C12H22N4O. The summed E-state index contributed by atoms with van der Waals surface area (Å²) < 4.78 is 0. The fraction of sp³-hybridized carbons (Fsp3) is 0.750. The lowest BCUT2D eigenvalue weighted by molar-refractivity contribution is 0.248. The molecule has 1 heterocycles. The van der Waals surface area contributed by atoms with Crippen LogP contribution in [0.1, 0.15) is 39.1 Å². The minimum Gasteiger partial charge on any atom is -0.394 e. The van der Waals surface area contributed by atoms with Crippen molar-refractivity contribution >= 4 is 5.95 Å². The number of aromatic nitrogens is 3. The van der Waals surface area contributed by atoms with Crippen LogP contribution in [0.2, 0.25) is 0 Å². The Balaban J connectivity index is 2.85. The molecule has 5 nitrogen and oxygen atoms in total. The van der Waals surface area contributed by atoms with Crippen LogP contribution < -0.4 is 5.32 Å². The first-order chi connectivity index (χ1) is 8.12. The molecule has 0 bridgehead atoms. The van der Waals surface area contributed by atoms with E-state index in [2.05, 4.69) is 27.4 Å². The largest absolute Gasteiger partial charge is 0.394 e. The van der Waals surface area contributed by atoms with E-state index in [1.54, 1.807) is 0 Å². The monoisotopic (exact) mass is 238 g/mol. The molecule has 0 saturated carbocycles. The molecule has 1 aromatic heterocycles. The molecule has 2 N–H and O–H groups in total. The average Bonchev–Trinajstić information content (AvgIpc) is 2.35. The Labute approximate surface area is 103 Å². The second-order valence-electron chi connectivity index (χ2n) is 4.41. The first-order valence-corrected chi connectivity index (χ1v) is 6.22. The average molecular weight is 238 g/mol. The van der Waals surface area contributed by atoms with Gasteiger partial charge in [-0.15, -0.1) is 5.10 Å². The van der Waals surface area contributed by atoms with Crippen LogP contribution in [0.25, 0.3) is 0 Å². The number of anilines is 1. The van der Waals surface area contributed by atoms with Gasteiger partial charge in [0.15, 0.2) is 0 Å². The summed E-state index contributed by atoms with van der Waals surface area (Å²) in [5.74, 6) is 0.825. The normalized spacial score (nSPS) is 12.8. The Morgan fingerprint density at radius 2 is 1.76 bits per heavy atom. The third kappa shape index (κ3) is 3.63. The third-order valence-electron chi connectivity index (χ3n) is 2.83. The SMILES string of the molecule is CCc1nnc(N[C@H](CO)C(C)C)nc1CC. The van der Waals surface area contributed by atoms with Crippen LogP contribution in [0.3, 0.4) is 0 Å². The van der Waals surface area contributed by atoms with E-state index >= 15 is 0 Å². The van der Waals surface area contributed by atoms with E-state index in [0.717, 1.165) is 24.2 Å². The molecule has 0 aliphatic heterocycles. The van der Waals surface area contributed by atoms with Gasteiger partial charge < -0.3 is 10.4 Å². The van der Waals surface area contributed by atoms with Crippen molar-refractivity contribution in [1.29, 1.82) is 0 Å². The van der Waals surface area contributed by atoms with Gasteiger partial charge in [-0.05, 0) is 18.8 Å². The molecule has 0 unspecified atom stereocenters. The quantitative estimate of drug-likeness (QED) is 0.784. The molecule has 1 rings (SSSR count). The molecule has 1 atom stereocenters. The fourth-order valence-electron chi connectivity index (χ4n) is 1.59.